The van der Waals surface area contributed by atoms with Crippen molar-refractivity contribution in [2.24, 2.45) is 0 Å². The fraction of sp³-hybridized carbons (Fsp3) is 0.100. The van der Waals surface area contributed by atoms with Crippen LogP contribution in [0.15, 0.2) is 42.7 Å². The first-order valence-electron chi connectivity index (χ1n) is 4.38. The highest BCUT2D eigenvalue weighted by Gasteiger charge is 2.14. The zero-order valence-corrected chi connectivity index (χ0v) is 10.7. The third kappa shape index (κ3) is 2.35. The van der Waals surface area contributed by atoms with Gasteiger partial charge < -0.3 is 5.11 Å². The van der Waals surface area contributed by atoms with Gasteiger partial charge in [0.2, 0.25) is 0 Å². The summed E-state index contributed by atoms with van der Waals surface area (Å²) in [5, 5.41) is 10.1. The van der Waals surface area contributed by atoms with Gasteiger partial charge in [0.05, 0.1) is 11.4 Å². The number of hydrogen-bond acceptors (Lipinski definition) is 3. The van der Waals surface area contributed by atoms with E-state index in [4.69, 9.17) is 0 Å². The summed E-state index contributed by atoms with van der Waals surface area (Å²) in [7, 11) is 1.52. The largest absolute Gasteiger partial charge is 0.380 e. The predicted octanol–water partition coefficient (Wildman–Crippen LogP) is 2.81. The Bertz CT molecular complexity index is 432. The van der Waals surface area contributed by atoms with Crippen LogP contribution in [-0.2, 0) is 0 Å². The number of hydrogen-bond donors (Lipinski definition) is 1. The van der Waals surface area contributed by atoms with Gasteiger partial charge in [-0.05, 0) is 24.3 Å². The predicted molar refractivity (Wildman–Crippen MR) is 69.7 cm³/mol. The molecule has 0 aliphatic rings. The molecule has 1 atom stereocenters. The number of pyridine rings is 1. The summed E-state index contributed by atoms with van der Waals surface area (Å²) in [5.74, 6) is 0. The fourth-order valence-corrected chi connectivity index (χ4v) is 2.78. The first-order chi connectivity index (χ1) is 7.33. The van der Waals surface area contributed by atoms with E-state index in [1.807, 2.05) is 40.5 Å². The summed E-state index contributed by atoms with van der Waals surface area (Å²) in [6.07, 6.45) is 2.94. The molecule has 2 aromatic heterocycles. The van der Waals surface area contributed by atoms with E-state index in [9.17, 15) is 5.11 Å². The average molecular weight is 332 g/mol. The molecule has 0 aromatic carbocycles. The number of rotatable bonds is 3. The Morgan fingerprint density at radius 3 is 2.87 bits per heavy atom. The van der Waals surface area contributed by atoms with E-state index in [-0.39, 0.29) is 0 Å². The van der Waals surface area contributed by atoms with Gasteiger partial charge >= 0.3 is 0 Å². The molecule has 5 heteroatoms. The van der Waals surface area contributed by atoms with Crippen molar-refractivity contribution < 1.29 is 5.11 Å². The molecule has 15 heavy (non-hydrogen) atoms. The summed E-state index contributed by atoms with van der Waals surface area (Å²) in [4.78, 5) is 4.13. The molecule has 0 spiro atoms. The molecule has 78 valence electrons. The number of aromatic nitrogens is 2. The minimum Gasteiger partial charge on any atom is -0.380 e. The van der Waals surface area contributed by atoms with Crippen molar-refractivity contribution in [3.05, 3.63) is 54.1 Å². The molecule has 2 rings (SSSR count). The van der Waals surface area contributed by atoms with Gasteiger partial charge in [-0.15, -0.1) is 0 Å². The van der Waals surface area contributed by atoms with Crippen molar-refractivity contribution >= 4 is 30.3 Å². The zero-order chi connectivity index (χ0) is 10.7. The molecule has 0 bridgehead atoms. The monoisotopic (exact) mass is 332 g/mol. The summed E-state index contributed by atoms with van der Waals surface area (Å²) in [5.41, 5.74) is 1.51. The summed E-state index contributed by atoms with van der Waals surface area (Å²) < 4.78 is 1.92. The van der Waals surface area contributed by atoms with Gasteiger partial charge in [0, 0.05) is 42.7 Å². The van der Waals surface area contributed by atoms with Crippen LogP contribution in [0.2, 0.25) is 0 Å². The van der Waals surface area contributed by atoms with E-state index in [1.54, 1.807) is 6.20 Å². The molecule has 0 saturated heterocycles. The van der Waals surface area contributed by atoms with Gasteiger partial charge in [0.1, 0.15) is 6.10 Å². The van der Waals surface area contributed by atoms with E-state index >= 15 is 0 Å². The lowest BCUT2D eigenvalue weighted by Gasteiger charge is -2.11. The quantitative estimate of drug-likeness (QED) is 0.879. The van der Waals surface area contributed by atoms with Gasteiger partial charge in [0.15, 0.2) is 0 Å². The van der Waals surface area contributed by atoms with E-state index in [2.05, 4.69) is 26.2 Å². The molecule has 2 heterocycles. The smallest absolute Gasteiger partial charge is 0.137 e. The fourth-order valence-electron chi connectivity index (χ4n) is 1.34. The lowest BCUT2D eigenvalue weighted by molar-refractivity contribution is 0.210. The minimum absolute atomic E-state index is 0.663. The van der Waals surface area contributed by atoms with E-state index in [0.717, 1.165) is 5.69 Å². The van der Waals surface area contributed by atoms with Gasteiger partial charge in [-0.25, -0.2) is 0 Å². The van der Waals surface area contributed by atoms with Crippen LogP contribution in [0.25, 0.3) is 0 Å². The van der Waals surface area contributed by atoms with Crippen molar-refractivity contribution in [1.82, 2.24) is 8.96 Å². The topological polar surface area (TPSA) is 38.1 Å². The maximum Gasteiger partial charge on any atom is 0.137 e. The van der Waals surface area contributed by atoms with Crippen LogP contribution in [-0.4, -0.2) is 14.1 Å². The minimum atomic E-state index is -0.663. The molecular weight excluding hydrogens is 323 g/mol. The molecular formula is C10H9IN2OS. The molecule has 0 aliphatic heterocycles. The third-order valence-electron chi connectivity index (χ3n) is 2.07. The highest BCUT2D eigenvalue weighted by molar-refractivity contribution is 14.2. The maximum absolute atomic E-state index is 10.1. The lowest BCUT2D eigenvalue weighted by Crippen LogP contribution is -2.05. The Labute approximate surface area is 104 Å². The molecule has 2 aromatic rings. The molecule has 1 N–H and O–H groups in total. The normalized spacial score (nSPS) is 12.7. The second-order valence-electron chi connectivity index (χ2n) is 2.98. The van der Waals surface area contributed by atoms with Gasteiger partial charge in [-0.1, -0.05) is 6.07 Å². The SMILES string of the molecule is OC(c1ccccn1)c1cccn1SI. The van der Waals surface area contributed by atoms with Crippen molar-refractivity contribution in [2.75, 3.05) is 0 Å². The van der Waals surface area contributed by atoms with E-state index < -0.39 is 6.10 Å². The van der Waals surface area contributed by atoms with Gasteiger partial charge in [-0.3, -0.25) is 8.96 Å². The molecule has 3 nitrogen and oxygen atoms in total. The summed E-state index contributed by atoms with van der Waals surface area (Å²) >= 11 is 2.18. The summed E-state index contributed by atoms with van der Waals surface area (Å²) in [6.45, 7) is 0. The van der Waals surface area contributed by atoms with Crippen molar-refractivity contribution in [3.63, 3.8) is 0 Å². The average Bonchev–Trinajstić information content (AvgIpc) is 2.77. The van der Waals surface area contributed by atoms with Crippen LogP contribution >= 0.6 is 30.3 Å². The Morgan fingerprint density at radius 2 is 2.20 bits per heavy atom. The Hall–Kier alpha value is -0.530. The van der Waals surface area contributed by atoms with Crippen LogP contribution in [0.1, 0.15) is 17.5 Å². The summed E-state index contributed by atoms with van der Waals surface area (Å²) in [6, 6.07) is 9.33. The Morgan fingerprint density at radius 1 is 1.33 bits per heavy atom. The Balaban J connectivity index is 2.32. The van der Waals surface area contributed by atoms with Crippen LogP contribution in [0, 0.1) is 0 Å². The van der Waals surface area contributed by atoms with Crippen LogP contribution < -0.4 is 0 Å². The van der Waals surface area contributed by atoms with Crippen LogP contribution in [0.4, 0.5) is 0 Å². The van der Waals surface area contributed by atoms with Crippen LogP contribution in [0.3, 0.4) is 0 Å². The molecule has 0 amide bonds. The number of halogens is 1. The maximum atomic E-state index is 10.1. The first-order valence-corrected chi connectivity index (χ1v) is 7.70. The van der Waals surface area contributed by atoms with Gasteiger partial charge in [-0.2, -0.15) is 0 Å². The number of aliphatic hydroxyl groups excluding tert-OH is 1. The second kappa shape index (κ2) is 5.00. The lowest BCUT2D eigenvalue weighted by atomic mass is 10.2. The molecule has 0 saturated carbocycles. The molecule has 1 unspecified atom stereocenters. The van der Waals surface area contributed by atoms with Crippen molar-refractivity contribution in [1.29, 1.82) is 0 Å². The third-order valence-corrected chi connectivity index (χ3v) is 3.82. The Kier molecular flexibility index (Phi) is 3.66. The van der Waals surface area contributed by atoms with Crippen LogP contribution in [0.5, 0.6) is 0 Å². The molecule has 0 fully saturated rings. The highest BCUT2D eigenvalue weighted by atomic mass is 127. The zero-order valence-electron chi connectivity index (χ0n) is 7.75. The van der Waals surface area contributed by atoms with Gasteiger partial charge in [0.25, 0.3) is 0 Å². The van der Waals surface area contributed by atoms with E-state index in [1.165, 1.54) is 9.12 Å². The standard InChI is InChI=1S/C10H9IN2OS/c11-15-13-7-3-5-9(13)10(14)8-4-1-2-6-12-8/h1-7,10,14H. The number of aliphatic hydroxyl groups is 1. The van der Waals surface area contributed by atoms with Crippen molar-refractivity contribution in [3.8, 4) is 0 Å². The molecule has 0 radical (unpaired) electrons. The number of nitrogens with zero attached hydrogens (tertiary/aromatic N) is 2. The second-order valence-corrected chi connectivity index (χ2v) is 4.70. The van der Waals surface area contributed by atoms with Crippen molar-refractivity contribution in [2.45, 2.75) is 6.10 Å². The molecule has 0 aliphatic carbocycles. The first kappa shape index (κ1) is 11.0. The van der Waals surface area contributed by atoms with E-state index in [0.29, 0.717) is 5.69 Å². The highest BCUT2D eigenvalue weighted by Crippen LogP contribution is 2.26.